The van der Waals surface area contributed by atoms with Crippen molar-refractivity contribution in [1.29, 1.82) is 0 Å². The average Bonchev–Trinajstić information content (AvgIpc) is 2.94. The Kier molecular flexibility index (Phi) is 6.29. The van der Waals surface area contributed by atoms with Gasteiger partial charge in [0.2, 0.25) is 11.8 Å². The fourth-order valence-corrected chi connectivity index (χ4v) is 2.46. The maximum atomic E-state index is 11.5. The largest absolute Gasteiger partial charge is 0.349 e. The van der Waals surface area contributed by atoms with Crippen LogP contribution < -0.4 is 10.6 Å². The molecular formula is C16H21BrN4O2. The molecular weight excluding hydrogens is 360 g/mol. The number of benzene rings is 1. The zero-order valence-corrected chi connectivity index (χ0v) is 15.1. The van der Waals surface area contributed by atoms with E-state index in [1.165, 1.54) is 6.92 Å². The first-order valence-electron chi connectivity index (χ1n) is 7.49. The molecule has 6 nitrogen and oxygen atoms in total. The molecule has 0 fully saturated rings. The Labute approximate surface area is 144 Å². The van der Waals surface area contributed by atoms with Crippen LogP contribution in [-0.4, -0.2) is 29.1 Å². The molecule has 0 radical (unpaired) electrons. The van der Waals surface area contributed by atoms with Gasteiger partial charge in [-0.15, -0.1) is 0 Å². The van der Waals surface area contributed by atoms with Crippen LogP contribution >= 0.6 is 15.9 Å². The Morgan fingerprint density at radius 1 is 1.30 bits per heavy atom. The van der Waals surface area contributed by atoms with E-state index in [0.29, 0.717) is 24.6 Å². The van der Waals surface area contributed by atoms with Gasteiger partial charge in [-0.25, -0.2) is 0 Å². The molecule has 23 heavy (non-hydrogen) atoms. The lowest BCUT2D eigenvalue weighted by atomic mass is 10.0. The monoisotopic (exact) mass is 380 g/mol. The summed E-state index contributed by atoms with van der Waals surface area (Å²) < 4.78 is 6.31. The normalized spacial score (nSPS) is 13.6. The van der Waals surface area contributed by atoms with E-state index in [1.807, 2.05) is 31.3 Å². The highest BCUT2D eigenvalue weighted by atomic mass is 79.9. The van der Waals surface area contributed by atoms with E-state index in [4.69, 9.17) is 4.52 Å². The number of amides is 1. The van der Waals surface area contributed by atoms with Crippen molar-refractivity contribution in [2.24, 2.45) is 0 Å². The lowest BCUT2D eigenvalue weighted by Gasteiger charge is -2.16. The molecule has 2 N–H and O–H groups in total. The molecule has 0 spiro atoms. The predicted octanol–water partition coefficient (Wildman–Crippen LogP) is 2.40. The van der Waals surface area contributed by atoms with Gasteiger partial charge < -0.3 is 15.2 Å². The summed E-state index contributed by atoms with van der Waals surface area (Å²) in [5.74, 6) is 1.09. The number of hydrogen-bond acceptors (Lipinski definition) is 5. The van der Waals surface area contributed by atoms with Gasteiger partial charge in [0.15, 0.2) is 5.82 Å². The second-order valence-electron chi connectivity index (χ2n) is 5.51. The van der Waals surface area contributed by atoms with E-state index in [-0.39, 0.29) is 18.0 Å². The van der Waals surface area contributed by atoms with Gasteiger partial charge in [0.05, 0.1) is 12.5 Å². The van der Waals surface area contributed by atoms with Crippen molar-refractivity contribution < 1.29 is 9.32 Å². The topological polar surface area (TPSA) is 80.0 Å². The molecule has 0 saturated heterocycles. The molecule has 2 rings (SSSR count). The summed E-state index contributed by atoms with van der Waals surface area (Å²) >= 11 is 3.41. The lowest BCUT2D eigenvalue weighted by Crippen LogP contribution is -2.27. The van der Waals surface area contributed by atoms with Crippen molar-refractivity contribution in [2.45, 2.75) is 38.8 Å². The summed E-state index contributed by atoms with van der Waals surface area (Å²) in [6.45, 7) is 3.55. The number of hydrogen-bond donors (Lipinski definition) is 2. The lowest BCUT2D eigenvalue weighted by molar-refractivity contribution is -0.119. The van der Waals surface area contributed by atoms with Crippen LogP contribution in [0.3, 0.4) is 0 Å². The van der Waals surface area contributed by atoms with Gasteiger partial charge in [0.1, 0.15) is 0 Å². The van der Waals surface area contributed by atoms with Gasteiger partial charge in [-0.05, 0) is 31.7 Å². The summed E-state index contributed by atoms with van der Waals surface area (Å²) in [7, 11) is 1.89. The molecule has 0 bridgehead atoms. The summed E-state index contributed by atoms with van der Waals surface area (Å²) in [6.07, 6.45) is 1.16. The maximum absolute atomic E-state index is 11.5. The Hall–Kier alpha value is -1.73. The van der Waals surface area contributed by atoms with Crippen LogP contribution in [0.4, 0.5) is 0 Å². The third-order valence-electron chi connectivity index (χ3n) is 3.52. The molecule has 1 heterocycles. The van der Waals surface area contributed by atoms with Crippen molar-refractivity contribution in [1.82, 2.24) is 20.8 Å². The first-order chi connectivity index (χ1) is 11.0. The van der Waals surface area contributed by atoms with Gasteiger partial charge in [-0.1, -0.05) is 33.2 Å². The number of aromatic nitrogens is 2. The molecule has 2 aromatic rings. The minimum absolute atomic E-state index is 0.0959. The Morgan fingerprint density at radius 2 is 2.00 bits per heavy atom. The summed E-state index contributed by atoms with van der Waals surface area (Å²) in [5, 5.41) is 10.1. The van der Waals surface area contributed by atoms with Crippen LogP contribution in [0.1, 0.15) is 37.2 Å². The van der Waals surface area contributed by atoms with Crippen LogP contribution in [0.5, 0.6) is 0 Å². The van der Waals surface area contributed by atoms with Crippen LogP contribution in [0.25, 0.3) is 0 Å². The molecule has 124 valence electrons. The molecule has 1 amide bonds. The van der Waals surface area contributed by atoms with Gasteiger partial charge in [-0.3, -0.25) is 4.79 Å². The van der Waals surface area contributed by atoms with Crippen molar-refractivity contribution >= 4 is 21.8 Å². The molecule has 7 heteroatoms. The Bertz CT molecular complexity index is 642. The summed E-state index contributed by atoms with van der Waals surface area (Å²) in [5.41, 5.74) is 0.992. The number of rotatable bonds is 7. The predicted molar refractivity (Wildman–Crippen MR) is 90.9 cm³/mol. The Morgan fingerprint density at radius 3 is 2.61 bits per heavy atom. The van der Waals surface area contributed by atoms with Gasteiger partial charge in [0, 0.05) is 23.9 Å². The minimum atomic E-state index is -0.198. The molecule has 0 aliphatic rings. The summed E-state index contributed by atoms with van der Waals surface area (Å²) in [4.78, 5) is 15.9. The highest BCUT2D eigenvalue weighted by Crippen LogP contribution is 2.20. The number of carbonyl (C=O) groups excluding carboxylic acids is 1. The van der Waals surface area contributed by atoms with Crippen LogP contribution in [0.2, 0.25) is 0 Å². The molecule has 0 aliphatic carbocycles. The molecule has 1 aromatic carbocycles. The van der Waals surface area contributed by atoms with Gasteiger partial charge in [0.25, 0.3) is 0 Å². The molecule has 0 aliphatic heterocycles. The fraction of sp³-hybridized carbons (Fsp3) is 0.438. The number of likely N-dealkylation sites (N-methyl/N-ethyl adjacent to an activating group) is 1. The third-order valence-corrected chi connectivity index (χ3v) is 4.05. The van der Waals surface area contributed by atoms with Crippen LogP contribution in [0, 0.1) is 0 Å². The fourth-order valence-electron chi connectivity index (χ4n) is 2.20. The highest BCUT2D eigenvalue weighted by Gasteiger charge is 2.18. The molecule has 0 saturated carbocycles. The smallest absolute Gasteiger partial charge is 0.229 e. The van der Waals surface area contributed by atoms with E-state index in [1.54, 1.807) is 0 Å². The van der Waals surface area contributed by atoms with E-state index < -0.39 is 0 Å². The van der Waals surface area contributed by atoms with Crippen LogP contribution in [-0.2, 0) is 17.6 Å². The van der Waals surface area contributed by atoms with Crippen molar-refractivity contribution in [2.75, 3.05) is 7.05 Å². The quantitative estimate of drug-likeness (QED) is 0.770. The number of nitrogens with zero attached hydrogens (tertiary/aromatic N) is 2. The minimum Gasteiger partial charge on any atom is -0.349 e. The average molecular weight is 381 g/mol. The van der Waals surface area contributed by atoms with Gasteiger partial charge in [-0.2, -0.15) is 4.98 Å². The standard InChI is InChI=1S/C16H21BrN4O2/c1-10(18-3)8-15-20-16(23-21-15)9-14(19-11(2)22)12-4-6-13(17)7-5-12/h4-7,10,14,18H,8-9H2,1-3H3,(H,19,22). The Balaban J connectivity index is 2.11. The molecule has 2 unspecified atom stereocenters. The number of carbonyl (C=O) groups is 1. The van der Waals surface area contributed by atoms with Crippen LogP contribution in [0.15, 0.2) is 33.3 Å². The second kappa shape index (κ2) is 8.21. The van der Waals surface area contributed by atoms with Crippen molar-refractivity contribution in [3.63, 3.8) is 0 Å². The van der Waals surface area contributed by atoms with Gasteiger partial charge >= 0.3 is 0 Å². The van der Waals surface area contributed by atoms with E-state index in [0.717, 1.165) is 10.0 Å². The summed E-state index contributed by atoms with van der Waals surface area (Å²) in [6, 6.07) is 7.89. The molecule has 1 aromatic heterocycles. The van der Waals surface area contributed by atoms with E-state index in [2.05, 4.69) is 43.6 Å². The van der Waals surface area contributed by atoms with E-state index >= 15 is 0 Å². The van der Waals surface area contributed by atoms with Crippen molar-refractivity contribution in [3.8, 4) is 0 Å². The number of nitrogens with one attached hydrogen (secondary N) is 2. The van der Waals surface area contributed by atoms with Crippen molar-refractivity contribution in [3.05, 3.63) is 46.0 Å². The highest BCUT2D eigenvalue weighted by molar-refractivity contribution is 9.10. The maximum Gasteiger partial charge on any atom is 0.229 e. The molecule has 2 atom stereocenters. The first-order valence-corrected chi connectivity index (χ1v) is 8.28. The first kappa shape index (κ1) is 17.6. The third kappa shape index (κ3) is 5.44. The number of halogens is 1. The second-order valence-corrected chi connectivity index (χ2v) is 6.42. The zero-order valence-electron chi connectivity index (χ0n) is 13.5. The SMILES string of the molecule is CNC(C)Cc1noc(CC(NC(C)=O)c2ccc(Br)cc2)n1. The van der Waals surface area contributed by atoms with E-state index in [9.17, 15) is 4.79 Å². The zero-order chi connectivity index (χ0) is 16.8.